The molecular formula is C9H11F3N2. The Kier molecular flexibility index (Phi) is 3.10. The molecule has 0 fully saturated rings. The molecule has 0 radical (unpaired) electrons. The van der Waals surface area contributed by atoms with Crippen molar-refractivity contribution in [1.29, 1.82) is 0 Å². The first-order chi connectivity index (χ1) is 6.46. The van der Waals surface area contributed by atoms with Gasteiger partial charge in [0.2, 0.25) is 0 Å². The van der Waals surface area contributed by atoms with Gasteiger partial charge in [-0.1, -0.05) is 6.07 Å². The third-order valence-electron chi connectivity index (χ3n) is 2.05. The van der Waals surface area contributed by atoms with Gasteiger partial charge in [-0.25, -0.2) is 0 Å². The van der Waals surface area contributed by atoms with Crippen LogP contribution < -0.4 is 5.73 Å². The molecule has 0 aliphatic rings. The monoisotopic (exact) mass is 204 g/mol. The lowest BCUT2D eigenvalue weighted by Crippen LogP contribution is -2.28. The van der Waals surface area contributed by atoms with Crippen LogP contribution in [0.4, 0.5) is 13.2 Å². The second-order valence-corrected chi connectivity index (χ2v) is 3.01. The predicted octanol–water partition coefficient (Wildman–Crippen LogP) is 1.99. The molecule has 1 aromatic heterocycles. The van der Waals surface area contributed by atoms with E-state index < -0.39 is 18.6 Å². The number of nitrogens with zero attached hydrogens (tertiary/aromatic N) is 1. The summed E-state index contributed by atoms with van der Waals surface area (Å²) in [5.74, 6) is -1.61. The van der Waals surface area contributed by atoms with Crippen molar-refractivity contribution in [1.82, 2.24) is 4.98 Å². The summed E-state index contributed by atoms with van der Waals surface area (Å²) in [6.07, 6.45) is -2.84. The van der Waals surface area contributed by atoms with Crippen LogP contribution in [0.1, 0.15) is 17.2 Å². The number of nitrogens with two attached hydrogens (primary N) is 1. The molecule has 0 amide bonds. The van der Waals surface area contributed by atoms with E-state index in [0.717, 1.165) is 0 Å². The van der Waals surface area contributed by atoms with Crippen molar-refractivity contribution in [2.75, 3.05) is 6.54 Å². The first-order valence-electron chi connectivity index (χ1n) is 4.15. The van der Waals surface area contributed by atoms with Gasteiger partial charge in [0.1, 0.15) is 0 Å². The highest BCUT2D eigenvalue weighted by Gasteiger charge is 2.40. The van der Waals surface area contributed by atoms with Crippen molar-refractivity contribution in [2.45, 2.75) is 19.0 Å². The highest BCUT2D eigenvalue weighted by Crippen LogP contribution is 2.34. The van der Waals surface area contributed by atoms with E-state index in [4.69, 9.17) is 5.73 Å². The minimum atomic E-state index is -4.30. The van der Waals surface area contributed by atoms with Crippen molar-refractivity contribution in [3.8, 4) is 0 Å². The van der Waals surface area contributed by atoms with E-state index in [1.165, 1.54) is 18.3 Å². The van der Waals surface area contributed by atoms with E-state index in [1.54, 1.807) is 6.92 Å². The molecule has 0 aliphatic carbocycles. The van der Waals surface area contributed by atoms with Gasteiger partial charge in [0.05, 0.1) is 5.92 Å². The summed E-state index contributed by atoms with van der Waals surface area (Å²) in [5.41, 5.74) is 5.64. The Morgan fingerprint density at radius 1 is 1.50 bits per heavy atom. The fraction of sp³-hybridized carbons (Fsp3) is 0.444. The van der Waals surface area contributed by atoms with Crippen molar-refractivity contribution in [2.24, 2.45) is 5.73 Å². The molecule has 0 bridgehead atoms. The van der Waals surface area contributed by atoms with Crippen LogP contribution in [0.25, 0.3) is 0 Å². The Labute approximate surface area is 79.9 Å². The summed E-state index contributed by atoms with van der Waals surface area (Å²) in [6.45, 7) is 1.10. The maximum Gasteiger partial charge on any atom is 0.397 e. The summed E-state index contributed by atoms with van der Waals surface area (Å²) in [4.78, 5) is 3.81. The molecule has 14 heavy (non-hydrogen) atoms. The molecule has 1 rings (SSSR count). The molecule has 1 heterocycles. The zero-order chi connectivity index (χ0) is 10.8. The smallest absolute Gasteiger partial charge is 0.330 e. The third kappa shape index (κ3) is 2.23. The molecular weight excluding hydrogens is 193 g/mol. The Hall–Kier alpha value is -1.10. The maximum absolute atomic E-state index is 12.5. The largest absolute Gasteiger partial charge is 0.397 e. The summed E-state index contributed by atoms with van der Waals surface area (Å²) in [7, 11) is 0. The molecule has 1 aromatic rings. The lowest BCUT2D eigenvalue weighted by Gasteiger charge is -2.19. The Morgan fingerprint density at radius 3 is 2.57 bits per heavy atom. The molecule has 0 saturated heterocycles. The molecule has 0 saturated carbocycles. The van der Waals surface area contributed by atoms with Crippen LogP contribution in [0.15, 0.2) is 18.3 Å². The van der Waals surface area contributed by atoms with Gasteiger partial charge >= 0.3 is 6.18 Å². The Bertz CT molecular complexity index is 309. The van der Waals surface area contributed by atoms with Gasteiger partial charge in [-0.3, -0.25) is 4.98 Å². The minimum absolute atomic E-state index is 0.155. The summed E-state index contributed by atoms with van der Waals surface area (Å²) in [6, 6.07) is 2.89. The lowest BCUT2D eigenvalue weighted by atomic mass is 9.97. The third-order valence-corrected chi connectivity index (χ3v) is 2.05. The van der Waals surface area contributed by atoms with E-state index in [9.17, 15) is 13.2 Å². The summed E-state index contributed by atoms with van der Waals surface area (Å²) >= 11 is 0. The Morgan fingerprint density at radius 2 is 2.14 bits per heavy atom. The van der Waals surface area contributed by atoms with Crippen molar-refractivity contribution >= 4 is 0 Å². The van der Waals surface area contributed by atoms with E-state index in [-0.39, 0.29) is 5.56 Å². The molecule has 0 aliphatic heterocycles. The second kappa shape index (κ2) is 3.96. The van der Waals surface area contributed by atoms with Gasteiger partial charge < -0.3 is 5.73 Å². The van der Waals surface area contributed by atoms with Gasteiger partial charge in [-0.15, -0.1) is 0 Å². The normalized spacial score (nSPS) is 14.1. The number of rotatable bonds is 2. The highest BCUT2D eigenvalue weighted by molar-refractivity contribution is 5.24. The Balaban J connectivity index is 3.08. The van der Waals surface area contributed by atoms with E-state index in [2.05, 4.69) is 4.98 Å². The standard InChI is InChI=1S/C9H11F3N2/c1-6-7(3-2-4-14-6)8(5-13)9(10,11)12/h2-4,8H,5,13H2,1H3. The highest BCUT2D eigenvalue weighted by atomic mass is 19.4. The van der Waals surface area contributed by atoms with Gasteiger partial charge in [0, 0.05) is 18.4 Å². The first kappa shape index (κ1) is 11.0. The molecule has 5 heteroatoms. The molecule has 2 N–H and O–H groups in total. The molecule has 1 unspecified atom stereocenters. The molecule has 0 aromatic carbocycles. The SMILES string of the molecule is Cc1ncccc1C(CN)C(F)(F)F. The van der Waals surface area contributed by atoms with Gasteiger partial charge in [0.15, 0.2) is 0 Å². The van der Waals surface area contributed by atoms with E-state index in [1.807, 2.05) is 0 Å². The lowest BCUT2D eigenvalue weighted by molar-refractivity contribution is -0.148. The first-order valence-corrected chi connectivity index (χ1v) is 4.15. The molecule has 2 nitrogen and oxygen atoms in total. The zero-order valence-electron chi connectivity index (χ0n) is 7.67. The average Bonchev–Trinajstić information content (AvgIpc) is 2.07. The van der Waals surface area contributed by atoms with Gasteiger partial charge in [-0.05, 0) is 18.6 Å². The molecule has 0 spiro atoms. The van der Waals surface area contributed by atoms with Crippen LogP contribution in [-0.2, 0) is 0 Å². The number of hydrogen-bond acceptors (Lipinski definition) is 2. The molecule has 1 atom stereocenters. The van der Waals surface area contributed by atoms with Crippen molar-refractivity contribution < 1.29 is 13.2 Å². The number of pyridine rings is 1. The predicted molar refractivity (Wildman–Crippen MR) is 46.8 cm³/mol. The van der Waals surface area contributed by atoms with Crippen molar-refractivity contribution in [3.05, 3.63) is 29.6 Å². The van der Waals surface area contributed by atoms with Gasteiger partial charge in [0.25, 0.3) is 0 Å². The van der Waals surface area contributed by atoms with E-state index >= 15 is 0 Å². The number of aryl methyl sites for hydroxylation is 1. The zero-order valence-corrected chi connectivity index (χ0v) is 7.67. The van der Waals surface area contributed by atoms with E-state index in [0.29, 0.717) is 5.69 Å². The van der Waals surface area contributed by atoms with Crippen LogP contribution in [0.3, 0.4) is 0 Å². The molecule has 78 valence electrons. The summed E-state index contributed by atoms with van der Waals surface area (Å²) < 4.78 is 37.4. The fourth-order valence-corrected chi connectivity index (χ4v) is 1.30. The average molecular weight is 204 g/mol. The minimum Gasteiger partial charge on any atom is -0.330 e. The summed E-state index contributed by atoms with van der Waals surface area (Å²) in [5, 5.41) is 0. The van der Waals surface area contributed by atoms with Crippen LogP contribution >= 0.6 is 0 Å². The quantitative estimate of drug-likeness (QED) is 0.800. The van der Waals surface area contributed by atoms with Crippen LogP contribution in [-0.4, -0.2) is 17.7 Å². The second-order valence-electron chi connectivity index (χ2n) is 3.01. The van der Waals surface area contributed by atoms with Gasteiger partial charge in [-0.2, -0.15) is 13.2 Å². The van der Waals surface area contributed by atoms with Crippen LogP contribution in [0.5, 0.6) is 0 Å². The number of aromatic nitrogens is 1. The topological polar surface area (TPSA) is 38.9 Å². The van der Waals surface area contributed by atoms with Crippen LogP contribution in [0, 0.1) is 6.92 Å². The maximum atomic E-state index is 12.5. The number of halogens is 3. The number of hydrogen-bond donors (Lipinski definition) is 1. The van der Waals surface area contributed by atoms with Crippen LogP contribution in [0.2, 0.25) is 0 Å². The number of alkyl halides is 3. The van der Waals surface area contributed by atoms with Crippen molar-refractivity contribution in [3.63, 3.8) is 0 Å². The fourth-order valence-electron chi connectivity index (χ4n) is 1.30.